The lowest BCUT2D eigenvalue weighted by molar-refractivity contribution is 0.276. The van der Waals surface area contributed by atoms with Gasteiger partial charge >= 0.3 is 0 Å². The van der Waals surface area contributed by atoms with Crippen molar-refractivity contribution >= 4 is 17.6 Å². The molecule has 0 atom stereocenters. The van der Waals surface area contributed by atoms with Crippen LogP contribution in [0.25, 0.3) is 17.6 Å². The summed E-state index contributed by atoms with van der Waals surface area (Å²) in [5, 5.41) is 0. The number of aryl methyl sites for hydroxylation is 1. The van der Waals surface area contributed by atoms with Gasteiger partial charge < -0.3 is 9.47 Å². The van der Waals surface area contributed by atoms with E-state index >= 15 is 0 Å². The molecule has 0 saturated heterocycles. The largest absolute Gasteiger partial charge is 0.493 e. The fourth-order valence-corrected chi connectivity index (χ4v) is 2.69. The number of hydrogen-bond donors (Lipinski definition) is 0. The standard InChI is InChI=1S/C22H22O2/c1-4-7-19(23-3)15-22-20-9-6-5-8-18(20)14-21(24-22)17-12-10-16(2)11-13-17/h5-6,8-14H,4,7H2,1-3H3. The Morgan fingerprint density at radius 3 is 2.54 bits per heavy atom. The third kappa shape index (κ3) is 3.45. The van der Waals surface area contributed by atoms with Crippen molar-refractivity contribution in [2.75, 3.05) is 7.11 Å². The Labute approximate surface area is 143 Å². The molecule has 1 aliphatic rings. The van der Waals surface area contributed by atoms with Gasteiger partial charge in [0.15, 0.2) is 5.76 Å². The average Bonchev–Trinajstić information content (AvgIpc) is 2.61. The molecular weight excluding hydrogens is 296 g/mol. The molecule has 0 saturated carbocycles. The summed E-state index contributed by atoms with van der Waals surface area (Å²) in [6, 6.07) is 16.6. The van der Waals surface area contributed by atoms with Crippen molar-refractivity contribution in [2.45, 2.75) is 26.7 Å². The van der Waals surface area contributed by atoms with E-state index in [0.717, 1.165) is 41.1 Å². The summed E-state index contributed by atoms with van der Waals surface area (Å²) in [5.41, 5.74) is 7.79. The Hall–Kier alpha value is -2.70. The minimum absolute atomic E-state index is 0.717. The van der Waals surface area contributed by atoms with E-state index in [2.05, 4.69) is 62.1 Å². The molecule has 2 heteroatoms. The molecule has 1 heterocycles. The number of hydrogen-bond acceptors (Lipinski definition) is 2. The summed E-state index contributed by atoms with van der Waals surface area (Å²) in [4.78, 5) is 0. The van der Waals surface area contributed by atoms with Crippen molar-refractivity contribution < 1.29 is 9.47 Å². The van der Waals surface area contributed by atoms with Gasteiger partial charge in [-0.05, 0) is 36.8 Å². The Morgan fingerprint density at radius 1 is 1.08 bits per heavy atom. The lowest BCUT2D eigenvalue weighted by Gasteiger charge is -2.19. The van der Waals surface area contributed by atoms with Gasteiger partial charge in [0.05, 0.1) is 7.11 Å². The van der Waals surface area contributed by atoms with E-state index < -0.39 is 0 Å². The molecule has 0 aliphatic carbocycles. The zero-order valence-electron chi connectivity index (χ0n) is 14.4. The molecule has 0 unspecified atom stereocenters. The highest BCUT2D eigenvalue weighted by atomic mass is 16.5. The van der Waals surface area contributed by atoms with Gasteiger partial charge in [-0.1, -0.05) is 55.0 Å². The third-order valence-electron chi connectivity index (χ3n) is 4.02. The van der Waals surface area contributed by atoms with E-state index in [1.54, 1.807) is 7.11 Å². The highest BCUT2D eigenvalue weighted by Gasteiger charge is 2.18. The second-order valence-corrected chi connectivity index (χ2v) is 5.90. The van der Waals surface area contributed by atoms with E-state index in [0.29, 0.717) is 5.76 Å². The lowest BCUT2D eigenvalue weighted by atomic mass is 10.00. The smallest absolute Gasteiger partial charge is 0.180 e. The van der Waals surface area contributed by atoms with Crippen molar-refractivity contribution in [1.82, 2.24) is 0 Å². The average molecular weight is 318 g/mol. The van der Waals surface area contributed by atoms with Crippen LogP contribution in [0, 0.1) is 6.92 Å². The number of rotatable bonds is 4. The maximum atomic E-state index is 6.18. The molecule has 0 bridgehead atoms. The first-order chi connectivity index (χ1) is 11.7. The van der Waals surface area contributed by atoms with Crippen LogP contribution < -0.4 is 0 Å². The van der Waals surface area contributed by atoms with E-state index in [1.807, 2.05) is 12.1 Å². The maximum absolute atomic E-state index is 6.18. The predicted octanol–water partition coefficient (Wildman–Crippen LogP) is 5.79. The van der Waals surface area contributed by atoms with E-state index in [1.165, 1.54) is 5.56 Å². The minimum atomic E-state index is 0.717. The fraction of sp³-hybridized carbons (Fsp3) is 0.227. The molecule has 3 rings (SSSR count). The monoisotopic (exact) mass is 318 g/mol. The molecule has 122 valence electrons. The van der Waals surface area contributed by atoms with Crippen LogP contribution >= 0.6 is 0 Å². The van der Waals surface area contributed by atoms with Gasteiger partial charge in [-0.2, -0.15) is 0 Å². The molecule has 2 aromatic rings. The van der Waals surface area contributed by atoms with Crippen molar-refractivity contribution in [3.63, 3.8) is 0 Å². The Morgan fingerprint density at radius 2 is 1.83 bits per heavy atom. The normalized spacial score (nSPS) is 12.6. The first-order valence-electron chi connectivity index (χ1n) is 8.31. The molecule has 0 radical (unpaired) electrons. The minimum Gasteiger partial charge on any atom is -0.493 e. The van der Waals surface area contributed by atoms with Crippen LogP contribution in [0.2, 0.25) is 0 Å². The zero-order valence-corrected chi connectivity index (χ0v) is 14.4. The van der Waals surface area contributed by atoms with E-state index in [-0.39, 0.29) is 0 Å². The highest BCUT2D eigenvalue weighted by molar-refractivity contribution is 5.88. The van der Waals surface area contributed by atoms with Crippen LogP contribution in [-0.4, -0.2) is 7.11 Å². The molecule has 24 heavy (non-hydrogen) atoms. The Kier molecular flexibility index (Phi) is 4.88. The van der Waals surface area contributed by atoms with Gasteiger partial charge in [0, 0.05) is 17.5 Å². The van der Waals surface area contributed by atoms with E-state index in [4.69, 9.17) is 9.47 Å². The maximum Gasteiger partial charge on any atom is 0.180 e. The number of fused-ring (bicyclic) bond motifs is 1. The molecule has 0 N–H and O–H groups in total. The van der Waals surface area contributed by atoms with Gasteiger partial charge in [-0.15, -0.1) is 0 Å². The SMILES string of the molecule is CCCC(=C=C1OC(c2ccc(C)cc2)=Cc2ccccc21)OC. The number of methoxy groups -OCH3 is 1. The van der Waals surface area contributed by atoms with Gasteiger partial charge in [-0.25, -0.2) is 0 Å². The van der Waals surface area contributed by atoms with Gasteiger partial charge in [0.25, 0.3) is 0 Å². The van der Waals surface area contributed by atoms with Crippen LogP contribution in [0.4, 0.5) is 0 Å². The Balaban J connectivity index is 2.11. The molecule has 0 fully saturated rings. The topological polar surface area (TPSA) is 18.5 Å². The first kappa shape index (κ1) is 16.2. The highest BCUT2D eigenvalue weighted by Crippen LogP contribution is 2.34. The predicted molar refractivity (Wildman–Crippen MR) is 98.9 cm³/mol. The van der Waals surface area contributed by atoms with Crippen LogP contribution in [0.3, 0.4) is 0 Å². The molecule has 0 spiro atoms. The summed E-state index contributed by atoms with van der Waals surface area (Å²) < 4.78 is 11.6. The fourth-order valence-electron chi connectivity index (χ4n) is 2.69. The Bertz CT molecular complexity index is 819. The molecule has 1 aliphatic heterocycles. The van der Waals surface area contributed by atoms with Gasteiger partial charge in [0.2, 0.25) is 0 Å². The first-order valence-corrected chi connectivity index (χ1v) is 8.31. The second-order valence-electron chi connectivity index (χ2n) is 5.90. The summed E-state index contributed by atoms with van der Waals surface area (Å²) >= 11 is 0. The van der Waals surface area contributed by atoms with Crippen molar-refractivity contribution in [1.29, 1.82) is 0 Å². The van der Waals surface area contributed by atoms with Crippen LogP contribution in [0.15, 0.2) is 60.0 Å². The van der Waals surface area contributed by atoms with Crippen molar-refractivity contribution in [2.24, 2.45) is 0 Å². The zero-order chi connectivity index (χ0) is 16.9. The number of ether oxygens (including phenoxy) is 2. The molecule has 0 aromatic heterocycles. The lowest BCUT2D eigenvalue weighted by Crippen LogP contribution is -2.01. The molecule has 2 nitrogen and oxygen atoms in total. The summed E-state index contributed by atoms with van der Waals surface area (Å²) in [6.45, 7) is 4.21. The van der Waals surface area contributed by atoms with Gasteiger partial charge in [-0.3, -0.25) is 0 Å². The number of benzene rings is 2. The quantitative estimate of drug-likeness (QED) is 0.524. The summed E-state index contributed by atoms with van der Waals surface area (Å²) in [6.07, 6.45) is 3.93. The second kappa shape index (κ2) is 7.25. The van der Waals surface area contributed by atoms with E-state index in [9.17, 15) is 0 Å². The molecule has 2 aromatic carbocycles. The van der Waals surface area contributed by atoms with Crippen LogP contribution in [0.1, 0.15) is 42.0 Å². The van der Waals surface area contributed by atoms with Crippen molar-refractivity contribution in [3.8, 4) is 0 Å². The van der Waals surface area contributed by atoms with Crippen molar-refractivity contribution in [3.05, 3.63) is 82.3 Å². The molecule has 0 amide bonds. The number of allylic oxidation sites excluding steroid dienone is 1. The van der Waals surface area contributed by atoms with Crippen LogP contribution in [0.5, 0.6) is 0 Å². The van der Waals surface area contributed by atoms with Crippen LogP contribution in [-0.2, 0) is 9.47 Å². The molecular formula is C22H22O2. The van der Waals surface area contributed by atoms with Gasteiger partial charge in [0.1, 0.15) is 11.5 Å². The third-order valence-corrected chi connectivity index (χ3v) is 4.02. The summed E-state index contributed by atoms with van der Waals surface area (Å²) in [5.74, 6) is 2.37. The summed E-state index contributed by atoms with van der Waals surface area (Å²) in [7, 11) is 1.68.